The third-order valence-electron chi connectivity index (χ3n) is 4.98. The molecule has 0 aliphatic carbocycles. The number of nitrogens with two attached hydrogens (primary N) is 1. The Labute approximate surface area is 189 Å². The van der Waals surface area contributed by atoms with Crippen molar-refractivity contribution < 1.29 is 23.5 Å². The Kier molecular flexibility index (Phi) is 6.30. The number of carbonyl (C=O) groups excluding carboxylic acids is 2. The first kappa shape index (κ1) is 21.9. The summed E-state index contributed by atoms with van der Waals surface area (Å²) in [4.78, 5) is 34.5. The fourth-order valence-corrected chi connectivity index (χ4v) is 3.35. The van der Waals surface area contributed by atoms with E-state index in [1.807, 2.05) is 0 Å². The Balaban J connectivity index is 1.55. The SMILES string of the molecule is C=CCN1CC[C@H](Oc2cc(C(N)=O)nc(-c3ccc(Oc4ccc(F)cc4)cc3)n2)C1=O. The van der Waals surface area contributed by atoms with E-state index in [9.17, 15) is 14.0 Å². The van der Waals surface area contributed by atoms with Gasteiger partial charge in [0.15, 0.2) is 11.9 Å². The van der Waals surface area contributed by atoms with E-state index >= 15 is 0 Å². The summed E-state index contributed by atoms with van der Waals surface area (Å²) in [5.41, 5.74) is 5.98. The Morgan fingerprint density at radius 3 is 2.45 bits per heavy atom. The van der Waals surface area contributed by atoms with Gasteiger partial charge in [-0.2, -0.15) is 4.98 Å². The van der Waals surface area contributed by atoms with Crippen LogP contribution in [0.25, 0.3) is 11.4 Å². The normalized spacial score (nSPS) is 15.4. The molecule has 0 saturated carbocycles. The number of hydrogen-bond acceptors (Lipinski definition) is 6. The molecular weight excluding hydrogens is 427 g/mol. The second-order valence-corrected chi connectivity index (χ2v) is 7.33. The maximum atomic E-state index is 13.1. The molecule has 1 fully saturated rings. The van der Waals surface area contributed by atoms with Crippen LogP contribution in [-0.4, -0.2) is 45.9 Å². The minimum Gasteiger partial charge on any atom is -0.464 e. The van der Waals surface area contributed by atoms with E-state index in [0.29, 0.717) is 36.6 Å². The number of amides is 2. The minimum atomic E-state index is -0.745. The highest BCUT2D eigenvalue weighted by atomic mass is 19.1. The Morgan fingerprint density at radius 2 is 1.82 bits per heavy atom. The molecule has 1 aliphatic rings. The van der Waals surface area contributed by atoms with E-state index < -0.39 is 12.0 Å². The standard InChI is InChI=1S/C24H21FN4O4/c1-2-12-29-13-11-20(24(29)31)33-21-14-19(22(26)30)27-23(28-21)15-3-7-17(8-4-15)32-18-9-5-16(25)6-10-18/h2-10,14,20H,1,11-13H2,(H2,26,30)/t20-/m0/s1. The number of primary amides is 1. The highest BCUT2D eigenvalue weighted by Crippen LogP contribution is 2.26. The van der Waals surface area contributed by atoms with Crippen molar-refractivity contribution in [1.82, 2.24) is 14.9 Å². The molecule has 2 heterocycles. The maximum absolute atomic E-state index is 13.1. The third kappa shape index (κ3) is 5.15. The number of carbonyl (C=O) groups is 2. The first-order valence-corrected chi connectivity index (χ1v) is 10.2. The molecule has 1 aliphatic heterocycles. The van der Waals surface area contributed by atoms with Gasteiger partial charge in [0.25, 0.3) is 11.8 Å². The van der Waals surface area contributed by atoms with Gasteiger partial charge in [0.1, 0.15) is 23.0 Å². The van der Waals surface area contributed by atoms with Crippen molar-refractivity contribution in [3.63, 3.8) is 0 Å². The van der Waals surface area contributed by atoms with E-state index in [1.165, 1.54) is 30.3 Å². The van der Waals surface area contributed by atoms with Crippen molar-refractivity contribution in [3.8, 4) is 28.8 Å². The second-order valence-electron chi connectivity index (χ2n) is 7.33. The second kappa shape index (κ2) is 9.47. The summed E-state index contributed by atoms with van der Waals surface area (Å²) < 4.78 is 24.5. The van der Waals surface area contributed by atoms with E-state index in [2.05, 4.69) is 16.5 Å². The van der Waals surface area contributed by atoms with Gasteiger partial charge in [-0.15, -0.1) is 6.58 Å². The van der Waals surface area contributed by atoms with Crippen molar-refractivity contribution in [2.24, 2.45) is 5.73 Å². The van der Waals surface area contributed by atoms with Gasteiger partial charge in [0.05, 0.1) is 0 Å². The van der Waals surface area contributed by atoms with Gasteiger partial charge >= 0.3 is 0 Å². The predicted molar refractivity (Wildman–Crippen MR) is 118 cm³/mol. The van der Waals surface area contributed by atoms with Crippen LogP contribution < -0.4 is 15.2 Å². The van der Waals surface area contributed by atoms with E-state index in [-0.39, 0.29) is 29.1 Å². The number of rotatable bonds is 8. The Morgan fingerprint density at radius 1 is 1.15 bits per heavy atom. The summed E-state index contributed by atoms with van der Waals surface area (Å²) in [7, 11) is 0. The van der Waals surface area contributed by atoms with Crippen LogP contribution in [0.5, 0.6) is 17.4 Å². The summed E-state index contributed by atoms with van der Waals surface area (Å²) in [5.74, 6) is 0.0336. The summed E-state index contributed by atoms with van der Waals surface area (Å²) >= 11 is 0. The zero-order chi connectivity index (χ0) is 23.4. The molecule has 168 valence electrons. The van der Waals surface area contributed by atoms with Gasteiger partial charge in [-0.3, -0.25) is 9.59 Å². The minimum absolute atomic E-state index is 0.0324. The van der Waals surface area contributed by atoms with Gasteiger partial charge in [0.2, 0.25) is 5.88 Å². The zero-order valence-electron chi connectivity index (χ0n) is 17.6. The van der Waals surface area contributed by atoms with E-state index in [1.54, 1.807) is 35.2 Å². The Hall–Kier alpha value is -4.27. The van der Waals surface area contributed by atoms with Crippen LogP contribution in [0, 0.1) is 5.82 Å². The van der Waals surface area contributed by atoms with Crippen LogP contribution >= 0.6 is 0 Å². The van der Waals surface area contributed by atoms with Gasteiger partial charge in [-0.25, -0.2) is 9.37 Å². The summed E-state index contributed by atoms with van der Waals surface area (Å²) in [6.07, 6.45) is 1.44. The fraction of sp³-hybridized carbons (Fsp3) is 0.167. The molecule has 0 unspecified atom stereocenters. The number of ether oxygens (including phenoxy) is 2. The third-order valence-corrected chi connectivity index (χ3v) is 4.98. The lowest BCUT2D eigenvalue weighted by molar-refractivity contribution is -0.133. The molecule has 4 rings (SSSR count). The van der Waals surface area contributed by atoms with Crippen LogP contribution in [0.2, 0.25) is 0 Å². The number of hydrogen-bond donors (Lipinski definition) is 1. The summed E-state index contributed by atoms with van der Waals surface area (Å²) in [5, 5.41) is 0. The van der Waals surface area contributed by atoms with Crippen LogP contribution in [0.3, 0.4) is 0 Å². The summed E-state index contributed by atoms with van der Waals surface area (Å²) in [6.45, 7) is 4.63. The lowest BCUT2D eigenvalue weighted by Gasteiger charge is -2.15. The number of likely N-dealkylation sites (tertiary alicyclic amines) is 1. The maximum Gasteiger partial charge on any atom is 0.267 e. The smallest absolute Gasteiger partial charge is 0.267 e. The molecule has 2 aromatic carbocycles. The largest absolute Gasteiger partial charge is 0.464 e. The van der Waals surface area contributed by atoms with Crippen molar-refractivity contribution in [1.29, 1.82) is 0 Å². The lowest BCUT2D eigenvalue weighted by atomic mass is 10.2. The van der Waals surface area contributed by atoms with Crippen molar-refractivity contribution in [2.75, 3.05) is 13.1 Å². The number of nitrogens with zero attached hydrogens (tertiary/aromatic N) is 3. The average molecular weight is 448 g/mol. The molecule has 9 heteroatoms. The monoisotopic (exact) mass is 448 g/mol. The molecule has 3 aromatic rings. The van der Waals surface area contributed by atoms with Crippen LogP contribution in [0.4, 0.5) is 4.39 Å². The topological polar surface area (TPSA) is 108 Å². The molecule has 1 aromatic heterocycles. The van der Waals surface area contributed by atoms with E-state index in [0.717, 1.165) is 0 Å². The fourth-order valence-electron chi connectivity index (χ4n) is 3.35. The molecule has 33 heavy (non-hydrogen) atoms. The molecule has 0 spiro atoms. The van der Waals surface area contributed by atoms with Crippen molar-refractivity contribution in [3.05, 3.63) is 78.8 Å². The van der Waals surface area contributed by atoms with Gasteiger partial charge in [-0.05, 0) is 48.5 Å². The Bertz CT molecular complexity index is 1180. The molecule has 2 amide bonds. The lowest BCUT2D eigenvalue weighted by Crippen LogP contribution is -2.32. The predicted octanol–water partition coefficient (Wildman–Crippen LogP) is 3.34. The molecule has 0 radical (unpaired) electrons. The first-order chi connectivity index (χ1) is 15.9. The van der Waals surface area contributed by atoms with E-state index in [4.69, 9.17) is 15.2 Å². The average Bonchev–Trinajstić information content (AvgIpc) is 3.15. The highest BCUT2D eigenvalue weighted by Gasteiger charge is 2.33. The number of aromatic nitrogens is 2. The molecular formula is C24H21FN4O4. The number of benzene rings is 2. The van der Waals surface area contributed by atoms with Crippen LogP contribution in [0.1, 0.15) is 16.9 Å². The van der Waals surface area contributed by atoms with Gasteiger partial charge in [-0.1, -0.05) is 6.08 Å². The summed E-state index contributed by atoms with van der Waals surface area (Å²) in [6, 6.07) is 13.8. The van der Waals surface area contributed by atoms with Crippen molar-refractivity contribution >= 4 is 11.8 Å². The molecule has 1 saturated heterocycles. The quantitative estimate of drug-likeness (QED) is 0.530. The molecule has 0 bridgehead atoms. The van der Waals surface area contributed by atoms with Crippen molar-refractivity contribution in [2.45, 2.75) is 12.5 Å². The molecule has 1 atom stereocenters. The first-order valence-electron chi connectivity index (χ1n) is 10.2. The number of halogens is 1. The highest BCUT2D eigenvalue weighted by molar-refractivity contribution is 5.91. The molecule has 8 nitrogen and oxygen atoms in total. The molecule has 2 N–H and O–H groups in total. The zero-order valence-corrected chi connectivity index (χ0v) is 17.6. The van der Waals surface area contributed by atoms with Gasteiger partial charge in [0, 0.05) is 31.1 Å². The van der Waals surface area contributed by atoms with Crippen LogP contribution in [0.15, 0.2) is 67.3 Å². The van der Waals surface area contributed by atoms with Crippen LogP contribution in [-0.2, 0) is 4.79 Å². The van der Waals surface area contributed by atoms with Gasteiger partial charge < -0.3 is 20.1 Å².